The van der Waals surface area contributed by atoms with Crippen LogP contribution in [0.15, 0.2) is 11.6 Å². The Morgan fingerprint density at radius 2 is 1.80 bits per heavy atom. The fraction of sp³-hybridized carbons (Fsp3) is 0.870. The number of carbonyl (C=O) groups excluding carboxylic acids is 1. The largest absolute Gasteiger partial charge is 0.458 e. The zero-order valence-electron chi connectivity index (χ0n) is 19.7. The molecule has 0 unspecified atom stereocenters. The molecule has 5 aliphatic rings. The van der Waals surface area contributed by atoms with Gasteiger partial charge in [-0.2, -0.15) is 0 Å². The van der Waals surface area contributed by atoms with E-state index in [1.165, 1.54) is 6.08 Å². The maximum Gasteiger partial charge on any atom is 0.331 e. The summed E-state index contributed by atoms with van der Waals surface area (Å²) in [6, 6.07) is 0. The number of fused-ring (bicyclic) bond motifs is 5. The van der Waals surface area contributed by atoms with Gasteiger partial charge in [0, 0.05) is 23.3 Å². The third-order valence-electron chi connectivity index (χ3n) is 10.4. The van der Waals surface area contributed by atoms with Gasteiger partial charge in [0.25, 0.3) is 10.2 Å². The highest BCUT2D eigenvalue weighted by Crippen LogP contribution is 2.70. The molecule has 0 radical (unpaired) electrons. The van der Waals surface area contributed by atoms with E-state index in [1.54, 1.807) is 0 Å². The number of nitrogens with zero attached hydrogens (tertiary/aromatic N) is 2. The highest BCUT2D eigenvalue weighted by atomic mass is 17.0. The van der Waals surface area contributed by atoms with E-state index in [-0.39, 0.29) is 62.6 Å². The highest BCUT2D eigenvalue weighted by molar-refractivity contribution is 5.85. The van der Waals surface area contributed by atoms with E-state index in [0.717, 1.165) is 5.57 Å². The van der Waals surface area contributed by atoms with E-state index in [1.807, 2.05) is 0 Å². The molecule has 4 fully saturated rings. The summed E-state index contributed by atoms with van der Waals surface area (Å²) in [4.78, 5) is 43.5. The molecular weight excluding hydrogens is 464 g/mol. The van der Waals surface area contributed by atoms with Gasteiger partial charge >= 0.3 is 5.97 Å². The average Bonchev–Trinajstić information content (AvgIpc) is 3.31. The van der Waals surface area contributed by atoms with Crippen molar-refractivity contribution in [3.8, 4) is 0 Å². The van der Waals surface area contributed by atoms with Crippen LogP contribution in [0.1, 0.15) is 64.7 Å². The van der Waals surface area contributed by atoms with Gasteiger partial charge in [0.15, 0.2) is 0 Å². The smallest absolute Gasteiger partial charge is 0.331 e. The molecule has 12 nitrogen and oxygen atoms in total. The molecule has 4 aliphatic carbocycles. The lowest BCUT2D eigenvalue weighted by atomic mass is 9.41. The molecule has 4 saturated carbocycles. The van der Waals surface area contributed by atoms with Crippen LogP contribution in [-0.2, 0) is 19.2 Å². The fourth-order valence-corrected chi connectivity index (χ4v) is 8.85. The van der Waals surface area contributed by atoms with Crippen molar-refractivity contribution in [2.45, 2.75) is 82.0 Å². The second-order valence-corrected chi connectivity index (χ2v) is 11.4. The molecule has 0 spiro atoms. The third-order valence-corrected chi connectivity index (χ3v) is 10.4. The Kier molecular flexibility index (Phi) is 5.55. The Hall–Kier alpha value is -2.47. The summed E-state index contributed by atoms with van der Waals surface area (Å²) in [5.74, 6) is -0.852. The molecule has 0 saturated heterocycles. The van der Waals surface area contributed by atoms with E-state index in [0.29, 0.717) is 32.1 Å². The first kappa shape index (κ1) is 24.2. The predicted octanol–water partition coefficient (Wildman–Crippen LogP) is 2.12. The minimum Gasteiger partial charge on any atom is -0.458 e. The van der Waals surface area contributed by atoms with E-state index in [2.05, 4.69) is 6.92 Å². The molecule has 0 aromatic heterocycles. The van der Waals surface area contributed by atoms with E-state index in [9.17, 15) is 35.2 Å². The first-order valence-electron chi connectivity index (χ1n) is 12.3. The first-order chi connectivity index (χ1) is 16.4. The molecule has 8 atom stereocenters. The molecule has 12 heteroatoms. The first-order valence-corrected chi connectivity index (χ1v) is 12.3. The van der Waals surface area contributed by atoms with Gasteiger partial charge in [-0.05, 0) is 74.7 Å². The van der Waals surface area contributed by atoms with Crippen molar-refractivity contribution < 1.29 is 39.6 Å². The number of carbonyl (C=O) groups is 1. The number of rotatable bonds is 6. The molecular formula is C23H32N2O10. The van der Waals surface area contributed by atoms with Crippen molar-refractivity contribution in [1.29, 1.82) is 0 Å². The lowest BCUT2D eigenvalue weighted by Gasteiger charge is -2.66. The summed E-state index contributed by atoms with van der Waals surface area (Å²) in [6.45, 7) is 1.97. The van der Waals surface area contributed by atoms with Crippen LogP contribution >= 0.6 is 0 Å². The number of aliphatic hydroxyl groups is 2. The number of hydrogen-bond donors (Lipinski definition) is 2. The normalized spacial score (nSPS) is 46.5. The number of esters is 1. The van der Waals surface area contributed by atoms with Crippen LogP contribution in [0.4, 0.5) is 0 Å². The predicted molar refractivity (Wildman–Crippen MR) is 116 cm³/mol. The maximum atomic E-state index is 12.3. The van der Waals surface area contributed by atoms with Crippen molar-refractivity contribution in [2.75, 3.05) is 13.2 Å². The number of hydrogen-bond acceptors (Lipinski definition) is 10. The Morgan fingerprint density at radius 3 is 2.46 bits per heavy atom. The van der Waals surface area contributed by atoms with Crippen molar-refractivity contribution >= 4 is 5.97 Å². The van der Waals surface area contributed by atoms with E-state index < -0.39 is 38.3 Å². The topological polar surface area (TPSA) is 171 Å². The highest BCUT2D eigenvalue weighted by Gasteiger charge is 2.71. The molecule has 1 heterocycles. The van der Waals surface area contributed by atoms with Crippen molar-refractivity contribution in [3.05, 3.63) is 31.9 Å². The van der Waals surface area contributed by atoms with Crippen molar-refractivity contribution in [3.63, 3.8) is 0 Å². The van der Waals surface area contributed by atoms with Crippen molar-refractivity contribution in [1.82, 2.24) is 0 Å². The lowest BCUT2D eigenvalue weighted by molar-refractivity contribution is -0.772. The summed E-state index contributed by atoms with van der Waals surface area (Å²) in [7, 11) is 0. The van der Waals surface area contributed by atoms with Crippen LogP contribution in [0.3, 0.4) is 0 Å². The Labute approximate surface area is 201 Å². The minimum absolute atomic E-state index is 0.00378. The molecule has 0 aromatic carbocycles. The summed E-state index contributed by atoms with van der Waals surface area (Å²) in [6.07, 6.45) is 4.45. The van der Waals surface area contributed by atoms with Gasteiger partial charge in [0.1, 0.15) is 19.3 Å². The Morgan fingerprint density at radius 1 is 1.06 bits per heavy atom. The molecule has 194 valence electrons. The van der Waals surface area contributed by atoms with Gasteiger partial charge in [0.2, 0.25) is 0 Å². The molecule has 5 rings (SSSR count). The summed E-state index contributed by atoms with van der Waals surface area (Å²) in [5.41, 5.74) is -3.15. The average molecular weight is 497 g/mol. The van der Waals surface area contributed by atoms with Crippen LogP contribution in [0, 0.1) is 48.8 Å². The molecule has 0 aromatic rings. The van der Waals surface area contributed by atoms with Crippen LogP contribution < -0.4 is 0 Å². The zero-order valence-corrected chi connectivity index (χ0v) is 19.7. The zero-order chi connectivity index (χ0) is 25.2. The third kappa shape index (κ3) is 3.43. The molecule has 1 aliphatic heterocycles. The van der Waals surface area contributed by atoms with Crippen LogP contribution in [0.5, 0.6) is 0 Å². The van der Waals surface area contributed by atoms with E-state index in [4.69, 9.17) is 14.4 Å². The standard InChI is InChI=1S/C23H32N2O10/c1-20-6-3-17-18(23(20,28)9-5-16(20)14-10-19(26)33-12-14)4-8-22(27)11-15(35-25(31)32)2-7-21(17,22)13-34-24(29)30/h10,15-18,27-28H,2-9,11-13H2,1H3/t15-,16-,17-,18-,20+,21-,22-,23-/m0/s1. The number of ether oxygens (including phenoxy) is 1. The summed E-state index contributed by atoms with van der Waals surface area (Å²) in [5, 5.41) is 44.5. The fourth-order valence-electron chi connectivity index (χ4n) is 8.85. The molecule has 0 bridgehead atoms. The van der Waals surface area contributed by atoms with Gasteiger partial charge in [-0.25, -0.2) is 4.79 Å². The Bertz CT molecular complexity index is 972. The summed E-state index contributed by atoms with van der Waals surface area (Å²) >= 11 is 0. The number of cyclic esters (lactones) is 1. The monoisotopic (exact) mass is 496 g/mol. The molecule has 0 amide bonds. The quantitative estimate of drug-likeness (QED) is 0.315. The van der Waals surface area contributed by atoms with Gasteiger partial charge in [-0.1, -0.05) is 6.92 Å². The molecule has 35 heavy (non-hydrogen) atoms. The van der Waals surface area contributed by atoms with Gasteiger partial charge < -0.3 is 24.6 Å². The van der Waals surface area contributed by atoms with Gasteiger partial charge in [0.05, 0.1) is 11.2 Å². The lowest BCUT2D eigenvalue weighted by Crippen LogP contribution is -2.69. The van der Waals surface area contributed by atoms with Crippen LogP contribution in [0.2, 0.25) is 0 Å². The van der Waals surface area contributed by atoms with Gasteiger partial charge in [-0.3, -0.25) is 0 Å². The van der Waals surface area contributed by atoms with Gasteiger partial charge in [-0.15, -0.1) is 20.2 Å². The van der Waals surface area contributed by atoms with Crippen LogP contribution in [-0.4, -0.2) is 56.9 Å². The minimum atomic E-state index is -1.44. The second kappa shape index (κ2) is 8.02. The van der Waals surface area contributed by atoms with Crippen LogP contribution in [0.25, 0.3) is 0 Å². The molecule has 2 N–H and O–H groups in total. The van der Waals surface area contributed by atoms with Crippen molar-refractivity contribution in [2.24, 2.45) is 28.6 Å². The maximum absolute atomic E-state index is 12.3. The SMILES string of the molecule is C[C@]12CC[C@H]3[C@H](CC[C@]4(O)C[C@@H](O[N+](=O)[O-])CC[C@]34CO[N+](=O)[O-])[C@@]1(O)CC[C@H]2C1=CC(=O)OC1. The summed E-state index contributed by atoms with van der Waals surface area (Å²) < 4.78 is 5.15. The van der Waals surface area contributed by atoms with E-state index >= 15 is 0 Å². The Balaban J connectivity index is 1.48. The second-order valence-electron chi connectivity index (χ2n) is 11.4.